The average Bonchev–Trinajstić information content (AvgIpc) is 2.75. The van der Waals surface area contributed by atoms with Crippen molar-refractivity contribution < 1.29 is 5.11 Å². The van der Waals surface area contributed by atoms with Gasteiger partial charge in [0.2, 0.25) is 0 Å². The lowest BCUT2D eigenvalue weighted by Crippen LogP contribution is -2.41. The Kier molecular flexibility index (Phi) is 2.32. The minimum absolute atomic E-state index is 0.107. The second-order valence-corrected chi connectivity index (χ2v) is 5.58. The molecule has 1 spiro atoms. The van der Waals surface area contributed by atoms with Gasteiger partial charge in [0.15, 0.2) is 0 Å². The highest BCUT2D eigenvalue weighted by Crippen LogP contribution is 2.49. The molecule has 1 aromatic rings. The van der Waals surface area contributed by atoms with Gasteiger partial charge in [-0.3, -0.25) is 0 Å². The SMILES string of the molecule is Cc1ccc2c(c1)C1(CCCC1)C(O)CC2. The summed E-state index contributed by atoms with van der Waals surface area (Å²) in [5.74, 6) is 0. The number of aliphatic hydroxyl groups excluding tert-OH is 1. The molecule has 0 bridgehead atoms. The van der Waals surface area contributed by atoms with Gasteiger partial charge in [0, 0.05) is 5.41 Å². The van der Waals surface area contributed by atoms with E-state index < -0.39 is 0 Å². The zero-order valence-corrected chi connectivity index (χ0v) is 10.00. The average molecular weight is 216 g/mol. The Balaban J connectivity index is 2.15. The Morgan fingerprint density at radius 2 is 2.00 bits per heavy atom. The van der Waals surface area contributed by atoms with Crippen LogP contribution in [-0.4, -0.2) is 11.2 Å². The molecule has 1 aromatic carbocycles. The molecular formula is C15H20O. The molecule has 1 N–H and O–H groups in total. The topological polar surface area (TPSA) is 20.2 Å². The van der Waals surface area contributed by atoms with E-state index in [9.17, 15) is 5.11 Å². The molecule has 1 saturated carbocycles. The van der Waals surface area contributed by atoms with E-state index in [2.05, 4.69) is 25.1 Å². The number of aliphatic hydroxyl groups is 1. The normalized spacial score (nSPS) is 27.0. The molecule has 1 unspecified atom stereocenters. The molecule has 1 nitrogen and oxygen atoms in total. The molecule has 0 aromatic heterocycles. The van der Waals surface area contributed by atoms with E-state index in [4.69, 9.17) is 0 Å². The molecule has 0 radical (unpaired) electrons. The summed E-state index contributed by atoms with van der Waals surface area (Å²) in [6, 6.07) is 6.80. The van der Waals surface area contributed by atoms with Gasteiger partial charge in [-0.2, -0.15) is 0 Å². The maximum absolute atomic E-state index is 10.4. The predicted octanol–water partition coefficient (Wildman–Crippen LogP) is 3.11. The molecule has 0 saturated heterocycles. The summed E-state index contributed by atoms with van der Waals surface area (Å²) in [4.78, 5) is 0. The number of aryl methyl sites for hydroxylation is 2. The van der Waals surface area contributed by atoms with Gasteiger partial charge in [-0.15, -0.1) is 0 Å². The number of benzene rings is 1. The third-order valence-corrected chi connectivity index (χ3v) is 4.62. The van der Waals surface area contributed by atoms with Gasteiger partial charge in [0.05, 0.1) is 6.10 Å². The zero-order valence-electron chi connectivity index (χ0n) is 10.00. The van der Waals surface area contributed by atoms with Crippen molar-refractivity contribution >= 4 is 0 Å². The summed E-state index contributed by atoms with van der Waals surface area (Å²) < 4.78 is 0. The lowest BCUT2D eigenvalue weighted by molar-refractivity contribution is 0.0661. The summed E-state index contributed by atoms with van der Waals surface area (Å²) in [6.45, 7) is 2.16. The maximum Gasteiger partial charge on any atom is 0.0640 e. The summed E-state index contributed by atoms with van der Waals surface area (Å²) in [5, 5.41) is 10.4. The van der Waals surface area contributed by atoms with Crippen LogP contribution in [-0.2, 0) is 11.8 Å². The van der Waals surface area contributed by atoms with Crippen molar-refractivity contribution in [1.29, 1.82) is 0 Å². The molecule has 0 amide bonds. The van der Waals surface area contributed by atoms with Gasteiger partial charge < -0.3 is 5.11 Å². The Morgan fingerprint density at radius 3 is 2.75 bits per heavy atom. The van der Waals surface area contributed by atoms with Crippen molar-refractivity contribution in [3.63, 3.8) is 0 Å². The van der Waals surface area contributed by atoms with Crippen LogP contribution in [0.1, 0.15) is 48.8 Å². The molecule has 3 rings (SSSR count). The van der Waals surface area contributed by atoms with Gasteiger partial charge in [0.25, 0.3) is 0 Å². The fourth-order valence-electron chi connectivity index (χ4n) is 3.73. The fourth-order valence-corrected chi connectivity index (χ4v) is 3.73. The van der Waals surface area contributed by atoms with E-state index in [-0.39, 0.29) is 11.5 Å². The summed E-state index contributed by atoms with van der Waals surface area (Å²) in [6.07, 6.45) is 6.84. The molecule has 1 fully saturated rings. The second kappa shape index (κ2) is 3.59. The van der Waals surface area contributed by atoms with Crippen LogP contribution >= 0.6 is 0 Å². The first kappa shape index (κ1) is 10.3. The highest BCUT2D eigenvalue weighted by Gasteiger charge is 2.45. The first-order valence-electron chi connectivity index (χ1n) is 6.50. The van der Waals surface area contributed by atoms with Crippen LogP contribution in [0.15, 0.2) is 18.2 Å². The van der Waals surface area contributed by atoms with Gasteiger partial charge in [-0.1, -0.05) is 36.6 Å². The minimum Gasteiger partial charge on any atom is -0.392 e. The van der Waals surface area contributed by atoms with Gasteiger partial charge in [-0.25, -0.2) is 0 Å². The first-order chi connectivity index (χ1) is 7.72. The van der Waals surface area contributed by atoms with Crippen LogP contribution in [0.3, 0.4) is 0 Å². The standard InChI is InChI=1S/C15H20O/c1-11-4-5-12-6-7-14(16)15(13(12)10-11)8-2-3-9-15/h4-5,10,14,16H,2-3,6-9H2,1H3. The van der Waals surface area contributed by atoms with Crippen LogP contribution in [0, 0.1) is 6.92 Å². The second-order valence-electron chi connectivity index (χ2n) is 5.58. The van der Waals surface area contributed by atoms with Gasteiger partial charge in [-0.05, 0) is 43.7 Å². The van der Waals surface area contributed by atoms with Crippen LogP contribution in [0.5, 0.6) is 0 Å². The lowest BCUT2D eigenvalue weighted by atomic mass is 9.66. The Morgan fingerprint density at radius 1 is 1.25 bits per heavy atom. The van der Waals surface area contributed by atoms with E-state index in [1.807, 2.05) is 0 Å². The maximum atomic E-state index is 10.4. The van der Waals surface area contributed by atoms with Crippen molar-refractivity contribution in [2.24, 2.45) is 0 Å². The third kappa shape index (κ3) is 1.34. The van der Waals surface area contributed by atoms with Crippen molar-refractivity contribution in [3.8, 4) is 0 Å². The number of hydrogen-bond donors (Lipinski definition) is 1. The molecular weight excluding hydrogens is 196 g/mol. The highest BCUT2D eigenvalue weighted by molar-refractivity contribution is 5.41. The van der Waals surface area contributed by atoms with Crippen molar-refractivity contribution in [1.82, 2.24) is 0 Å². The summed E-state index contributed by atoms with van der Waals surface area (Å²) >= 11 is 0. The minimum atomic E-state index is -0.107. The molecule has 86 valence electrons. The van der Waals surface area contributed by atoms with E-state index in [0.29, 0.717) is 0 Å². The molecule has 16 heavy (non-hydrogen) atoms. The summed E-state index contributed by atoms with van der Waals surface area (Å²) in [7, 11) is 0. The Bertz CT molecular complexity index is 402. The smallest absolute Gasteiger partial charge is 0.0640 e. The van der Waals surface area contributed by atoms with E-state index in [1.165, 1.54) is 42.4 Å². The quantitative estimate of drug-likeness (QED) is 0.706. The van der Waals surface area contributed by atoms with E-state index in [0.717, 1.165) is 12.8 Å². The molecule has 2 aliphatic carbocycles. The predicted molar refractivity (Wildman–Crippen MR) is 65.7 cm³/mol. The largest absolute Gasteiger partial charge is 0.392 e. The monoisotopic (exact) mass is 216 g/mol. The number of fused-ring (bicyclic) bond motifs is 2. The number of hydrogen-bond acceptors (Lipinski definition) is 1. The number of rotatable bonds is 0. The highest BCUT2D eigenvalue weighted by atomic mass is 16.3. The zero-order chi connectivity index (χ0) is 11.2. The third-order valence-electron chi connectivity index (χ3n) is 4.62. The Labute approximate surface area is 97.5 Å². The Hall–Kier alpha value is -0.820. The molecule has 1 heteroatoms. The fraction of sp³-hybridized carbons (Fsp3) is 0.600. The molecule has 1 atom stereocenters. The first-order valence-corrected chi connectivity index (χ1v) is 6.50. The van der Waals surface area contributed by atoms with Crippen LogP contribution in [0.2, 0.25) is 0 Å². The lowest BCUT2D eigenvalue weighted by Gasteiger charge is -2.40. The molecule has 0 heterocycles. The van der Waals surface area contributed by atoms with Gasteiger partial charge in [0.1, 0.15) is 0 Å². The molecule has 0 aliphatic heterocycles. The van der Waals surface area contributed by atoms with Crippen molar-refractivity contribution in [2.75, 3.05) is 0 Å². The van der Waals surface area contributed by atoms with Crippen molar-refractivity contribution in [2.45, 2.75) is 57.0 Å². The van der Waals surface area contributed by atoms with Crippen LogP contribution in [0.25, 0.3) is 0 Å². The van der Waals surface area contributed by atoms with E-state index in [1.54, 1.807) is 0 Å². The van der Waals surface area contributed by atoms with Crippen molar-refractivity contribution in [3.05, 3.63) is 34.9 Å². The van der Waals surface area contributed by atoms with Crippen LogP contribution in [0.4, 0.5) is 0 Å². The van der Waals surface area contributed by atoms with E-state index >= 15 is 0 Å². The van der Waals surface area contributed by atoms with Crippen LogP contribution < -0.4 is 0 Å². The van der Waals surface area contributed by atoms with Gasteiger partial charge >= 0.3 is 0 Å². The summed E-state index contributed by atoms with van der Waals surface area (Å²) in [5.41, 5.74) is 4.39. The molecule has 2 aliphatic rings.